The number of carbonyl (C=O) groups is 1. The molecule has 0 aromatic heterocycles. The van der Waals surface area contributed by atoms with E-state index < -0.39 is 0 Å². The van der Waals surface area contributed by atoms with Crippen LogP contribution in [0, 0.1) is 0 Å². The first-order valence-corrected chi connectivity index (χ1v) is 6.48. The Bertz CT molecular complexity index is 552. The quantitative estimate of drug-likeness (QED) is 0.907. The van der Waals surface area contributed by atoms with E-state index in [1.165, 1.54) is 0 Å². The van der Waals surface area contributed by atoms with Crippen LogP contribution in [0.3, 0.4) is 0 Å². The SMILES string of the molecule is CN(C(=O)c1ccccc1)c1ccc(OCCN)cc1. The molecule has 0 bridgehead atoms. The molecule has 4 heteroatoms. The van der Waals surface area contributed by atoms with Crippen molar-refractivity contribution in [3.05, 3.63) is 60.2 Å². The summed E-state index contributed by atoms with van der Waals surface area (Å²) < 4.78 is 5.41. The molecule has 0 heterocycles. The van der Waals surface area contributed by atoms with Gasteiger partial charge in [-0.1, -0.05) is 18.2 Å². The lowest BCUT2D eigenvalue weighted by atomic mass is 10.2. The smallest absolute Gasteiger partial charge is 0.258 e. The number of carbonyl (C=O) groups excluding carboxylic acids is 1. The van der Waals surface area contributed by atoms with Crippen molar-refractivity contribution in [3.63, 3.8) is 0 Å². The molecule has 0 spiro atoms. The normalized spacial score (nSPS) is 10.1. The first-order chi connectivity index (χ1) is 9.72. The average Bonchev–Trinajstić information content (AvgIpc) is 2.53. The van der Waals surface area contributed by atoms with Gasteiger partial charge in [-0.15, -0.1) is 0 Å². The highest BCUT2D eigenvalue weighted by atomic mass is 16.5. The number of ether oxygens (including phenoxy) is 1. The molecular weight excluding hydrogens is 252 g/mol. The van der Waals surface area contributed by atoms with Crippen molar-refractivity contribution in [2.75, 3.05) is 25.1 Å². The summed E-state index contributed by atoms with van der Waals surface area (Å²) in [5.41, 5.74) is 6.86. The molecule has 0 atom stereocenters. The van der Waals surface area contributed by atoms with Crippen molar-refractivity contribution in [1.82, 2.24) is 0 Å². The van der Waals surface area contributed by atoms with E-state index in [1.54, 1.807) is 24.1 Å². The van der Waals surface area contributed by atoms with Crippen LogP contribution in [0.1, 0.15) is 10.4 Å². The van der Waals surface area contributed by atoms with E-state index in [1.807, 2.05) is 42.5 Å². The predicted octanol–water partition coefficient (Wildman–Crippen LogP) is 2.30. The topological polar surface area (TPSA) is 55.6 Å². The van der Waals surface area contributed by atoms with Gasteiger partial charge < -0.3 is 15.4 Å². The van der Waals surface area contributed by atoms with Crippen LogP contribution >= 0.6 is 0 Å². The second-order valence-electron chi connectivity index (χ2n) is 4.36. The van der Waals surface area contributed by atoms with Gasteiger partial charge in [-0.2, -0.15) is 0 Å². The molecule has 0 saturated heterocycles. The molecule has 0 unspecified atom stereocenters. The first-order valence-electron chi connectivity index (χ1n) is 6.48. The van der Waals surface area contributed by atoms with E-state index in [2.05, 4.69) is 0 Å². The fourth-order valence-electron chi connectivity index (χ4n) is 1.83. The van der Waals surface area contributed by atoms with Crippen LogP contribution in [0.25, 0.3) is 0 Å². The van der Waals surface area contributed by atoms with Crippen LogP contribution in [-0.2, 0) is 0 Å². The average molecular weight is 270 g/mol. The van der Waals surface area contributed by atoms with Crippen LogP contribution < -0.4 is 15.4 Å². The summed E-state index contributed by atoms with van der Waals surface area (Å²) in [7, 11) is 1.76. The van der Waals surface area contributed by atoms with Crippen molar-refractivity contribution >= 4 is 11.6 Å². The number of hydrogen-bond acceptors (Lipinski definition) is 3. The third kappa shape index (κ3) is 3.36. The molecular formula is C16H18N2O2. The van der Waals surface area contributed by atoms with Gasteiger partial charge in [0.05, 0.1) is 0 Å². The maximum absolute atomic E-state index is 12.3. The van der Waals surface area contributed by atoms with Crippen molar-refractivity contribution in [2.24, 2.45) is 5.73 Å². The van der Waals surface area contributed by atoms with Crippen molar-refractivity contribution in [1.29, 1.82) is 0 Å². The zero-order chi connectivity index (χ0) is 14.4. The van der Waals surface area contributed by atoms with Gasteiger partial charge in [-0.25, -0.2) is 0 Å². The molecule has 20 heavy (non-hydrogen) atoms. The Hall–Kier alpha value is -2.33. The second kappa shape index (κ2) is 6.73. The number of nitrogens with zero attached hydrogens (tertiary/aromatic N) is 1. The molecule has 2 rings (SSSR count). The predicted molar refractivity (Wildman–Crippen MR) is 80.2 cm³/mol. The fraction of sp³-hybridized carbons (Fsp3) is 0.188. The van der Waals surface area contributed by atoms with Gasteiger partial charge in [-0.05, 0) is 36.4 Å². The van der Waals surface area contributed by atoms with Crippen LogP contribution in [-0.4, -0.2) is 26.1 Å². The summed E-state index contributed by atoms with van der Waals surface area (Å²) in [4.78, 5) is 13.9. The standard InChI is InChI=1S/C16H18N2O2/c1-18(16(19)13-5-3-2-4-6-13)14-7-9-15(10-8-14)20-12-11-17/h2-10H,11-12,17H2,1H3. The molecule has 0 aliphatic rings. The second-order valence-corrected chi connectivity index (χ2v) is 4.36. The van der Waals surface area contributed by atoms with Crippen LogP contribution in [0.15, 0.2) is 54.6 Å². The van der Waals surface area contributed by atoms with E-state index in [0.717, 1.165) is 11.4 Å². The summed E-state index contributed by atoms with van der Waals surface area (Å²) in [6, 6.07) is 16.6. The van der Waals surface area contributed by atoms with E-state index in [4.69, 9.17) is 10.5 Å². The number of nitrogens with two attached hydrogens (primary N) is 1. The highest BCUT2D eigenvalue weighted by Gasteiger charge is 2.12. The van der Waals surface area contributed by atoms with E-state index >= 15 is 0 Å². The number of amides is 1. The molecule has 2 N–H and O–H groups in total. The van der Waals surface area contributed by atoms with E-state index in [-0.39, 0.29) is 5.91 Å². The van der Waals surface area contributed by atoms with E-state index in [9.17, 15) is 4.79 Å². The molecule has 0 aliphatic carbocycles. The summed E-state index contributed by atoms with van der Waals surface area (Å²) in [5.74, 6) is 0.709. The number of benzene rings is 2. The van der Waals surface area contributed by atoms with Crippen molar-refractivity contribution in [2.45, 2.75) is 0 Å². The van der Waals surface area contributed by atoms with Gasteiger partial charge in [-0.3, -0.25) is 4.79 Å². The maximum Gasteiger partial charge on any atom is 0.258 e. The lowest BCUT2D eigenvalue weighted by Crippen LogP contribution is -2.26. The minimum Gasteiger partial charge on any atom is -0.492 e. The number of rotatable bonds is 5. The molecule has 0 saturated carbocycles. The largest absolute Gasteiger partial charge is 0.492 e. The minimum absolute atomic E-state index is 0.0405. The number of anilines is 1. The summed E-state index contributed by atoms with van der Waals surface area (Å²) in [6.45, 7) is 0.965. The zero-order valence-electron chi connectivity index (χ0n) is 11.5. The highest BCUT2D eigenvalue weighted by Crippen LogP contribution is 2.20. The van der Waals surface area contributed by atoms with Crippen molar-refractivity contribution in [3.8, 4) is 5.75 Å². The van der Waals surface area contributed by atoms with Crippen molar-refractivity contribution < 1.29 is 9.53 Å². The molecule has 0 fully saturated rings. The molecule has 2 aromatic carbocycles. The van der Waals surface area contributed by atoms with Crippen LogP contribution in [0.4, 0.5) is 5.69 Å². The van der Waals surface area contributed by atoms with E-state index in [0.29, 0.717) is 18.7 Å². The fourth-order valence-corrected chi connectivity index (χ4v) is 1.83. The van der Waals surface area contributed by atoms with Gasteiger partial charge in [0.15, 0.2) is 0 Å². The Morgan fingerprint density at radius 1 is 1.10 bits per heavy atom. The monoisotopic (exact) mass is 270 g/mol. The molecule has 104 valence electrons. The van der Waals surface area contributed by atoms with Gasteiger partial charge in [0.25, 0.3) is 5.91 Å². The Morgan fingerprint density at radius 2 is 1.75 bits per heavy atom. The molecule has 1 amide bonds. The molecule has 4 nitrogen and oxygen atoms in total. The molecule has 2 aromatic rings. The lowest BCUT2D eigenvalue weighted by molar-refractivity contribution is 0.0993. The van der Waals surface area contributed by atoms with Gasteiger partial charge in [0, 0.05) is 24.8 Å². The number of hydrogen-bond donors (Lipinski definition) is 1. The maximum atomic E-state index is 12.3. The zero-order valence-corrected chi connectivity index (χ0v) is 11.5. The highest BCUT2D eigenvalue weighted by molar-refractivity contribution is 6.05. The Morgan fingerprint density at radius 3 is 2.35 bits per heavy atom. The Balaban J connectivity index is 2.09. The Labute approximate surface area is 118 Å². The first kappa shape index (κ1) is 14.1. The summed E-state index contributed by atoms with van der Waals surface area (Å²) >= 11 is 0. The molecule has 0 radical (unpaired) electrons. The van der Waals surface area contributed by atoms with Gasteiger partial charge in [0.1, 0.15) is 12.4 Å². The third-order valence-corrected chi connectivity index (χ3v) is 2.94. The summed E-state index contributed by atoms with van der Waals surface area (Å²) in [6.07, 6.45) is 0. The molecule has 0 aliphatic heterocycles. The van der Waals surface area contributed by atoms with Gasteiger partial charge >= 0.3 is 0 Å². The lowest BCUT2D eigenvalue weighted by Gasteiger charge is -2.17. The Kier molecular flexibility index (Phi) is 4.74. The minimum atomic E-state index is -0.0405. The third-order valence-electron chi connectivity index (χ3n) is 2.94. The summed E-state index contributed by atoms with van der Waals surface area (Å²) in [5, 5.41) is 0. The van der Waals surface area contributed by atoms with Crippen LogP contribution in [0.5, 0.6) is 5.75 Å². The van der Waals surface area contributed by atoms with Crippen LogP contribution in [0.2, 0.25) is 0 Å². The van der Waals surface area contributed by atoms with Gasteiger partial charge in [0.2, 0.25) is 0 Å².